The molecule has 0 bridgehead atoms. The Labute approximate surface area is 117 Å². The first-order valence-corrected chi connectivity index (χ1v) is 6.78. The summed E-state index contributed by atoms with van der Waals surface area (Å²) in [6.07, 6.45) is 1.79. The normalized spacial score (nSPS) is 16.1. The Morgan fingerprint density at radius 2 is 2.10 bits per heavy atom. The number of nitrogens with one attached hydrogen (secondary N) is 1. The van der Waals surface area contributed by atoms with Gasteiger partial charge in [-0.15, -0.1) is 0 Å². The van der Waals surface area contributed by atoms with Crippen LogP contribution in [0.2, 0.25) is 0 Å². The van der Waals surface area contributed by atoms with Crippen molar-refractivity contribution >= 4 is 11.9 Å². The molecule has 0 unspecified atom stereocenters. The van der Waals surface area contributed by atoms with E-state index in [1.165, 1.54) is 0 Å². The topological polar surface area (TPSA) is 75.6 Å². The van der Waals surface area contributed by atoms with Crippen molar-refractivity contribution in [2.45, 2.75) is 38.6 Å². The number of aliphatic carboxylic acids is 1. The van der Waals surface area contributed by atoms with Gasteiger partial charge < -0.3 is 15.2 Å². The van der Waals surface area contributed by atoms with E-state index in [4.69, 9.17) is 4.74 Å². The summed E-state index contributed by atoms with van der Waals surface area (Å²) in [5.74, 6) is -0.680. The zero-order valence-electron chi connectivity index (χ0n) is 11.7. The third kappa shape index (κ3) is 2.61. The summed E-state index contributed by atoms with van der Waals surface area (Å²) in [6, 6.07) is 5.14. The van der Waals surface area contributed by atoms with Crippen molar-refractivity contribution in [1.82, 2.24) is 5.32 Å². The number of benzene rings is 1. The summed E-state index contributed by atoms with van der Waals surface area (Å²) in [5.41, 5.74) is 0.278. The highest BCUT2D eigenvalue weighted by molar-refractivity contribution is 5.98. The lowest BCUT2D eigenvalue weighted by atomic mass is 9.76. The van der Waals surface area contributed by atoms with Gasteiger partial charge in [-0.05, 0) is 50.8 Å². The minimum Gasteiger partial charge on any atom is -0.494 e. The van der Waals surface area contributed by atoms with Crippen molar-refractivity contribution in [2.75, 3.05) is 6.61 Å². The van der Waals surface area contributed by atoms with Crippen LogP contribution in [0.4, 0.5) is 0 Å². The molecule has 20 heavy (non-hydrogen) atoms. The van der Waals surface area contributed by atoms with Crippen molar-refractivity contribution in [3.05, 3.63) is 29.3 Å². The largest absolute Gasteiger partial charge is 0.494 e. The Hall–Kier alpha value is -2.04. The number of carboxylic acids is 1. The molecular weight excluding hydrogens is 258 g/mol. The highest BCUT2D eigenvalue weighted by atomic mass is 16.5. The van der Waals surface area contributed by atoms with Gasteiger partial charge in [0.05, 0.1) is 6.61 Å². The average molecular weight is 277 g/mol. The number of hydrogen-bond acceptors (Lipinski definition) is 3. The first-order chi connectivity index (χ1) is 9.48. The van der Waals surface area contributed by atoms with Crippen LogP contribution in [0.3, 0.4) is 0 Å². The van der Waals surface area contributed by atoms with Crippen LogP contribution in [-0.4, -0.2) is 29.1 Å². The van der Waals surface area contributed by atoms with E-state index in [2.05, 4.69) is 5.32 Å². The minimum atomic E-state index is -1.09. The molecule has 108 valence electrons. The van der Waals surface area contributed by atoms with Crippen molar-refractivity contribution in [1.29, 1.82) is 0 Å². The van der Waals surface area contributed by atoms with Crippen LogP contribution in [-0.2, 0) is 4.79 Å². The van der Waals surface area contributed by atoms with E-state index in [-0.39, 0.29) is 5.91 Å². The van der Waals surface area contributed by atoms with Crippen molar-refractivity contribution in [2.24, 2.45) is 0 Å². The van der Waals surface area contributed by atoms with E-state index in [1.54, 1.807) is 18.2 Å². The summed E-state index contributed by atoms with van der Waals surface area (Å²) in [7, 11) is 0. The molecule has 1 amide bonds. The van der Waals surface area contributed by atoms with Gasteiger partial charge in [0.1, 0.15) is 11.3 Å². The Morgan fingerprint density at radius 1 is 1.40 bits per heavy atom. The van der Waals surface area contributed by atoms with E-state index >= 15 is 0 Å². The molecule has 0 spiro atoms. The van der Waals surface area contributed by atoms with Crippen LogP contribution in [0.25, 0.3) is 0 Å². The summed E-state index contributed by atoms with van der Waals surface area (Å²) in [6.45, 7) is 4.29. The fourth-order valence-corrected chi connectivity index (χ4v) is 2.26. The monoisotopic (exact) mass is 277 g/mol. The van der Waals surface area contributed by atoms with Crippen molar-refractivity contribution in [3.63, 3.8) is 0 Å². The quantitative estimate of drug-likeness (QED) is 0.864. The van der Waals surface area contributed by atoms with Crippen LogP contribution in [0.15, 0.2) is 18.2 Å². The van der Waals surface area contributed by atoms with E-state index < -0.39 is 11.5 Å². The Kier molecular flexibility index (Phi) is 3.97. The zero-order chi connectivity index (χ0) is 14.8. The molecule has 0 aliphatic heterocycles. The SMILES string of the molecule is CCOc1cc(C(=O)NC2(C(=O)O)CCC2)ccc1C. The van der Waals surface area contributed by atoms with E-state index in [0.717, 1.165) is 12.0 Å². The minimum absolute atomic E-state index is 0.368. The molecule has 2 N–H and O–H groups in total. The highest BCUT2D eigenvalue weighted by Gasteiger charge is 2.45. The molecule has 1 aromatic carbocycles. The molecule has 5 nitrogen and oxygen atoms in total. The molecule has 1 aliphatic carbocycles. The molecule has 1 fully saturated rings. The summed E-state index contributed by atoms with van der Waals surface area (Å²) >= 11 is 0. The van der Waals surface area contributed by atoms with Crippen LogP contribution < -0.4 is 10.1 Å². The lowest BCUT2D eigenvalue weighted by molar-refractivity contribution is -0.148. The average Bonchev–Trinajstić information content (AvgIpc) is 2.36. The lowest BCUT2D eigenvalue weighted by Gasteiger charge is -2.38. The molecule has 0 atom stereocenters. The molecule has 0 aromatic heterocycles. The fraction of sp³-hybridized carbons (Fsp3) is 0.467. The van der Waals surface area contributed by atoms with Crippen LogP contribution in [0.1, 0.15) is 42.1 Å². The Morgan fingerprint density at radius 3 is 2.60 bits per heavy atom. The summed E-state index contributed by atoms with van der Waals surface area (Å²) < 4.78 is 5.45. The first-order valence-electron chi connectivity index (χ1n) is 6.78. The summed E-state index contributed by atoms with van der Waals surface area (Å²) in [4.78, 5) is 23.4. The summed E-state index contributed by atoms with van der Waals surface area (Å²) in [5, 5.41) is 11.9. The molecule has 0 radical (unpaired) electrons. The van der Waals surface area contributed by atoms with Crippen molar-refractivity contribution < 1.29 is 19.4 Å². The second-order valence-corrected chi connectivity index (χ2v) is 5.11. The number of hydrogen-bond donors (Lipinski definition) is 2. The molecule has 1 saturated carbocycles. The highest BCUT2D eigenvalue weighted by Crippen LogP contribution is 2.32. The van der Waals surface area contributed by atoms with E-state index in [0.29, 0.717) is 30.8 Å². The molecule has 1 aliphatic rings. The second kappa shape index (κ2) is 5.53. The third-order valence-corrected chi connectivity index (χ3v) is 3.72. The first kappa shape index (κ1) is 14.4. The number of carboxylic acid groups (broad SMARTS) is 1. The van der Waals surface area contributed by atoms with Crippen LogP contribution in [0, 0.1) is 6.92 Å². The molecule has 0 saturated heterocycles. The number of ether oxygens (including phenoxy) is 1. The van der Waals surface area contributed by atoms with Gasteiger partial charge in [0.25, 0.3) is 5.91 Å². The van der Waals surface area contributed by atoms with Gasteiger partial charge in [-0.2, -0.15) is 0 Å². The lowest BCUT2D eigenvalue weighted by Crippen LogP contribution is -2.59. The fourth-order valence-electron chi connectivity index (χ4n) is 2.26. The maximum atomic E-state index is 12.2. The van der Waals surface area contributed by atoms with Gasteiger partial charge in [-0.25, -0.2) is 4.79 Å². The molecule has 5 heteroatoms. The molecule has 2 rings (SSSR count). The zero-order valence-corrected chi connectivity index (χ0v) is 11.7. The number of aryl methyl sites for hydroxylation is 1. The second-order valence-electron chi connectivity index (χ2n) is 5.11. The number of amides is 1. The molecule has 1 aromatic rings. The van der Waals surface area contributed by atoms with Gasteiger partial charge in [0.2, 0.25) is 0 Å². The smallest absolute Gasteiger partial charge is 0.329 e. The van der Waals surface area contributed by atoms with Gasteiger partial charge in [0, 0.05) is 5.56 Å². The molecular formula is C15H19NO4. The van der Waals surface area contributed by atoms with Crippen molar-refractivity contribution in [3.8, 4) is 5.75 Å². The standard InChI is InChI=1S/C15H19NO4/c1-3-20-12-9-11(6-5-10(12)2)13(17)16-15(14(18)19)7-4-8-15/h5-6,9H,3-4,7-8H2,1-2H3,(H,16,17)(H,18,19). The van der Waals surface area contributed by atoms with E-state index in [1.807, 2.05) is 13.8 Å². The number of rotatable bonds is 5. The predicted octanol–water partition coefficient (Wildman–Crippen LogP) is 2.13. The molecule has 0 heterocycles. The van der Waals surface area contributed by atoms with Crippen LogP contribution >= 0.6 is 0 Å². The van der Waals surface area contributed by atoms with Crippen LogP contribution in [0.5, 0.6) is 5.75 Å². The maximum Gasteiger partial charge on any atom is 0.329 e. The number of carbonyl (C=O) groups is 2. The van der Waals surface area contributed by atoms with Gasteiger partial charge in [-0.1, -0.05) is 6.07 Å². The predicted molar refractivity (Wildman–Crippen MR) is 74.0 cm³/mol. The Bertz CT molecular complexity index is 535. The third-order valence-electron chi connectivity index (χ3n) is 3.72. The Balaban J connectivity index is 2.17. The van der Waals surface area contributed by atoms with E-state index in [9.17, 15) is 14.7 Å². The van der Waals surface area contributed by atoms with Gasteiger partial charge >= 0.3 is 5.97 Å². The number of carbonyl (C=O) groups excluding carboxylic acids is 1. The van der Waals surface area contributed by atoms with Gasteiger partial charge in [-0.3, -0.25) is 4.79 Å². The van der Waals surface area contributed by atoms with Gasteiger partial charge in [0.15, 0.2) is 0 Å². The maximum absolute atomic E-state index is 12.2.